The summed E-state index contributed by atoms with van der Waals surface area (Å²) in [5.74, 6) is -1.57. The van der Waals surface area contributed by atoms with Gasteiger partial charge >= 0.3 is 5.97 Å². The standard InChI is InChI=1S/C19H21FN2O4/c1-12-16(10-13-2-3-14(20)11-17(13)21-12)19(25)22(7-4-18(23)24)15-5-8-26-9-6-15/h2-3,10-11,15H,4-9H2,1H3,(H,23,24). The lowest BCUT2D eigenvalue weighted by Gasteiger charge is -2.34. The van der Waals surface area contributed by atoms with Crippen molar-refractivity contribution in [3.8, 4) is 0 Å². The van der Waals surface area contributed by atoms with Crippen LogP contribution < -0.4 is 0 Å². The Kier molecular flexibility index (Phi) is 5.46. The lowest BCUT2D eigenvalue weighted by atomic mass is 10.0. The van der Waals surface area contributed by atoms with E-state index >= 15 is 0 Å². The highest BCUT2D eigenvalue weighted by Crippen LogP contribution is 2.22. The van der Waals surface area contributed by atoms with Crippen molar-refractivity contribution in [3.05, 3.63) is 41.3 Å². The lowest BCUT2D eigenvalue weighted by Crippen LogP contribution is -2.44. The van der Waals surface area contributed by atoms with Gasteiger partial charge in [-0.1, -0.05) is 0 Å². The fraction of sp³-hybridized carbons (Fsp3) is 0.421. The molecule has 1 saturated heterocycles. The second-order valence-electron chi connectivity index (χ2n) is 6.44. The van der Waals surface area contributed by atoms with E-state index in [0.717, 1.165) is 0 Å². The predicted octanol–water partition coefficient (Wildman–Crippen LogP) is 2.78. The van der Waals surface area contributed by atoms with E-state index < -0.39 is 5.97 Å². The van der Waals surface area contributed by atoms with Crippen LogP contribution in [0.5, 0.6) is 0 Å². The molecule has 0 spiro atoms. The highest BCUT2D eigenvalue weighted by atomic mass is 19.1. The van der Waals surface area contributed by atoms with Crippen LogP contribution in [0, 0.1) is 12.7 Å². The van der Waals surface area contributed by atoms with Crippen molar-refractivity contribution in [2.24, 2.45) is 0 Å². The molecule has 1 amide bonds. The molecule has 0 saturated carbocycles. The third-order valence-electron chi connectivity index (χ3n) is 4.66. The fourth-order valence-corrected chi connectivity index (χ4v) is 3.27. The number of amides is 1. The van der Waals surface area contributed by atoms with Crippen LogP contribution in [-0.4, -0.2) is 52.7 Å². The molecule has 1 aliphatic rings. The molecule has 0 unspecified atom stereocenters. The molecule has 0 radical (unpaired) electrons. The van der Waals surface area contributed by atoms with Crippen molar-refractivity contribution < 1.29 is 23.8 Å². The summed E-state index contributed by atoms with van der Waals surface area (Å²) < 4.78 is 18.7. The molecular formula is C19H21FN2O4. The van der Waals surface area contributed by atoms with Gasteiger partial charge in [-0.25, -0.2) is 4.39 Å². The molecule has 3 rings (SSSR count). The van der Waals surface area contributed by atoms with Gasteiger partial charge in [0.15, 0.2) is 0 Å². The first kappa shape index (κ1) is 18.3. The minimum Gasteiger partial charge on any atom is -0.481 e. The van der Waals surface area contributed by atoms with Crippen molar-refractivity contribution in [3.63, 3.8) is 0 Å². The number of hydrogen-bond donors (Lipinski definition) is 1. The molecule has 2 heterocycles. The van der Waals surface area contributed by atoms with Crippen LogP contribution in [0.1, 0.15) is 35.3 Å². The summed E-state index contributed by atoms with van der Waals surface area (Å²) in [5, 5.41) is 9.70. The molecule has 0 aliphatic carbocycles. The number of aromatic nitrogens is 1. The maximum absolute atomic E-state index is 13.4. The van der Waals surface area contributed by atoms with Gasteiger partial charge in [0, 0.05) is 37.3 Å². The largest absolute Gasteiger partial charge is 0.481 e. The summed E-state index contributed by atoms with van der Waals surface area (Å²) in [7, 11) is 0. The molecule has 138 valence electrons. The van der Waals surface area contributed by atoms with E-state index in [1.807, 2.05) is 0 Å². The molecule has 0 atom stereocenters. The first-order valence-corrected chi connectivity index (χ1v) is 8.63. The zero-order valence-electron chi connectivity index (χ0n) is 14.6. The number of carboxylic acid groups (broad SMARTS) is 1. The molecule has 26 heavy (non-hydrogen) atoms. The maximum Gasteiger partial charge on any atom is 0.305 e. The predicted molar refractivity (Wildman–Crippen MR) is 93.6 cm³/mol. The average molecular weight is 360 g/mol. The maximum atomic E-state index is 13.4. The van der Waals surface area contributed by atoms with Crippen LogP contribution in [0.2, 0.25) is 0 Å². The third kappa shape index (κ3) is 3.99. The molecule has 6 nitrogen and oxygen atoms in total. The van der Waals surface area contributed by atoms with Gasteiger partial charge < -0.3 is 14.7 Å². The monoisotopic (exact) mass is 360 g/mol. The van der Waals surface area contributed by atoms with Crippen molar-refractivity contribution in [2.45, 2.75) is 32.2 Å². The van der Waals surface area contributed by atoms with Crippen molar-refractivity contribution in [1.82, 2.24) is 9.88 Å². The number of aryl methyl sites for hydroxylation is 1. The van der Waals surface area contributed by atoms with E-state index in [9.17, 15) is 14.0 Å². The number of benzene rings is 1. The molecule has 1 aromatic carbocycles. The van der Waals surface area contributed by atoms with Gasteiger partial charge in [0.2, 0.25) is 0 Å². The van der Waals surface area contributed by atoms with E-state index in [2.05, 4.69) is 4.98 Å². The number of pyridine rings is 1. The van der Waals surface area contributed by atoms with Crippen molar-refractivity contribution >= 4 is 22.8 Å². The fourth-order valence-electron chi connectivity index (χ4n) is 3.27. The number of hydrogen-bond acceptors (Lipinski definition) is 4. The average Bonchev–Trinajstić information content (AvgIpc) is 2.61. The Bertz CT molecular complexity index is 834. The molecule has 0 bridgehead atoms. The smallest absolute Gasteiger partial charge is 0.305 e. The molecule has 2 aromatic rings. The van der Waals surface area contributed by atoms with Crippen LogP contribution in [-0.2, 0) is 9.53 Å². The van der Waals surface area contributed by atoms with Gasteiger partial charge in [0.05, 0.1) is 23.2 Å². The van der Waals surface area contributed by atoms with Gasteiger partial charge in [0.25, 0.3) is 5.91 Å². The summed E-state index contributed by atoms with van der Waals surface area (Å²) >= 11 is 0. The van der Waals surface area contributed by atoms with Crippen molar-refractivity contribution in [2.75, 3.05) is 19.8 Å². The zero-order valence-corrected chi connectivity index (χ0v) is 14.6. The Morgan fingerprint density at radius 3 is 2.73 bits per heavy atom. The van der Waals surface area contributed by atoms with Gasteiger partial charge in [-0.3, -0.25) is 14.6 Å². The Hall–Kier alpha value is -2.54. The SMILES string of the molecule is Cc1nc2cc(F)ccc2cc1C(=O)N(CCC(=O)O)C1CCOCC1. The van der Waals surface area contributed by atoms with Crippen molar-refractivity contribution in [1.29, 1.82) is 0 Å². The second-order valence-corrected chi connectivity index (χ2v) is 6.44. The van der Waals surface area contributed by atoms with E-state index in [-0.39, 0.29) is 30.7 Å². The van der Waals surface area contributed by atoms with Crippen LogP contribution in [0.15, 0.2) is 24.3 Å². The minimum atomic E-state index is -0.946. The van der Waals surface area contributed by atoms with E-state index in [1.165, 1.54) is 12.1 Å². The Morgan fingerprint density at radius 2 is 2.04 bits per heavy atom. The molecule has 1 aromatic heterocycles. The minimum absolute atomic E-state index is 0.0566. The van der Waals surface area contributed by atoms with E-state index in [1.54, 1.807) is 24.0 Å². The number of ether oxygens (including phenoxy) is 1. The molecule has 1 aliphatic heterocycles. The van der Waals surface area contributed by atoms with Crippen LogP contribution in [0.3, 0.4) is 0 Å². The topological polar surface area (TPSA) is 79.7 Å². The summed E-state index contributed by atoms with van der Waals surface area (Å²) in [5.41, 5.74) is 1.41. The first-order valence-electron chi connectivity index (χ1n) is 8.63. The first-order chi connectivity index (χ1) is 12.5. The van der Waals surface area contributed by atoms with Gasteiger partial charge in [-0.15, -0.1) is 0 Å². The molecule has 1 N–H and O–H groups in total. The summed E-state index contributed by atoms with van der Waals surface area (Å²) in [6.07, 6.45) is 1.24. The van der Waals surface area contributed by atoms with Crippen LogP contribution in [0.25, 0.3) is 10.9 Å². The normalized spacial score (nSPS) is 15.2. The lowest BCUT2D eigenvalue weighted by molar-refractivity contribution is -0.137. The Balaban J connectivity index is 1.94. The van der Waals surface area contributed by atoms with Crippen LogP contribution >= 0.6 is 0 Å². The van der Waals surface area contributed by atoms with Gasteiger partial charge in [-0.2, -0.15) is 0 Å². The molecule has 1 fully saturated rings. The third-order valence-corrected chi connectivity index (χ3v) is 4.66. The molecular weight excluding hydrogens is 339 g/mol. The number of carbonyl (C=O) groups excluding carboxylic acids is 1. The highest BCUT2D eigenvalue weighted by Gasteiger charge is 2.28. The summed E-state index contributed by atoms with van der Waals surface area (Å²) in [6, 6.07) is 5.89. The zero-order chi connectivity index (χ0) is 18.7. The Labute approximate surface area is 150 Å². The number of fused-ring (bicyclic) bond motifs is 1. The van der Waals surface area contributed by atoms with E-state index in [0.29, 0.717) is 48.2 Å². The quantitative estimate of drug-likeness (QED) is 0.887. The Morgan fingerprint density at radius 1 is 1.31 bits per heavy atom. The van der Waals surface area contributed by atoms with Gasteiger partial charge in [-0.05, 0) is 38.0 Å². The molecule has 7 heteroatoms. The number of nitrogens with zero attached hydrogens (tertiary/aromatic N) is 2. The number of halogens is 1. The number of carbonyl (C=O) groups is 2. The second kappa shape index (κ2) is 7.78. The van der Waals surface area contributed by atoms with Gasteiger partial charge in [0.1, 0.15) is 5.82 Å². The van der Waals surface area contributed by atoms with Crippen LogP contribution in [0.4, 0.5) is 4.39 Å². The number of aliphatic carboxylic acids is 1. The summed E-state index contributed by atoms with van der Waals surface area (Å²) in [4.78, 5) is 30.1. The summed E-state index contributed by atoms with van der Waals surface area (Å²) in [6.45, 7) is 2.95. The highest BCUT2D eigenvalue weighted by molar-refractivity contribution is 5.99. The number of carboxylic acids is 1. The number of rotatable bonds is 5. The van der Waals surface area contributed by atoms with E-state index in [4.69, 9.17) is 9.84 Å².